The van der Waals surface area contributed by atoms with Gasteiger partial charge < -0.3 is 5.73 Å². The van der Waals surface area contributed by atoms with E-state index in [9.17, 15) is 8.42 Å². The molecule has 2 aromatic carbocycles. The van der Waals surface area contributed by atoms with Gasteiger partial charge in [0.25, 0.3) is 0 Å². The fourth-order valence-corrected chi connectivity index (χ4v) is 2.60. The predicted molar refractivity (Wildman–Crippen MR) is 71.3 cm³/mol. The second-order valence-corrected chi connectivity index (χ2v) is 5.65. The summed E-state index contributed by atoms with van der Waals surface area (Å²) in [7, 11) is -3.46. The molecule has 0 aliphatic heterocycles. The van der Waals surface area contributed by atoms with Crippen molar-refractivity contribution < 1.29 is 8.42 Å². The Kier molecular flexibility index (Phi) is 3.64. The monoisotopic (exact) mass is 262 g/mol. The van der Waals surface area contributed by atoms with Crippen LogP contribution in [0.1, 0.15) is 5.56 Å². The number of anilines is 1. The van der Waals surface area contributed by atoms with E-state index >= 15 is 0 Å². The van der Waals surface area contributed by atoms with Crippen molar-refractivity contribution in [1.82, 2.24) is 4.72 Å². The molecule has 0 aromatic heterocycles. The van der Waals surface area contributed by atoms with Crippen LogP contribution in [0.3, 0.4) is 0 Å². The van der Waals surface area contributed by atoms with E-state index < -0.39 is 10.0 Å². The maximum Gasteiger partial charge on any atom is 0.240 e. The summed E-state index contributed by atoms with van der Waals surface area (Å²) in [4.78, 5) is 0.258. The largest absolute Gasteiger partial charge is 0.399 e. The molecule has 0 aliphatic rings. The number of nitrogens with two attached hydrogens (primary N) is 1. The maximum absolute atomic E-state index is 11.9. The molecule has 2 aromatic rings. The van der Waals surface area contributed by atoms with E-state index in [4.69, 9.17) is 5.73 Å². The number of benzene rings is 2. The Balaban J connectivity index is 2.11. The zero-order valence-electron chi connectivity index (χ0n) is 9.71. The lowest BCUT2D eigenvalue weighted by Crippen LogP contribution is -2.23. The number of nitrogen functional groups attached to an aromatic ring is 1. The molecule has 3 N–H and O–H groups in total. The molecule has 0 aliphatic carbocycles. The molecule has 0 radical (unpaired) electrons. The summed E-state index contributed by atoms with van der Waals surface area (Å²) < 4.78 is 26.4. The van der Waals surface area contributed by atoms with Gasteiger partial charge >= 0.3 is 0 Å². The molecule has 0 saturated heterocycles. The van der Waals surface area contributed by atoms with Crippen molar-refractivity contribution in [3.8, 4) is 0 Å². The van der Waals surface area contributed by atoms with E-state index in [-0.39, 0.29) is 11.4 Å². The second-order valence-electron chi connectivity index (χ2n) is 3.88. The van der Waals surface area contributed by atoms with Gasteiger partial charge in [-0.05, 0) is 29.8 Å². The Hall–Kier alpha value is -1.85. The van der Waals surface area contributed by atoms with Gasteiger partial charge in [0.05, 0.1) is 4.90 Å². The van der Waals surface area contributed by atoms with Crippen LogP contribution in [0.2, 0.25) is 0 Å². The van der Waals surface area contributed by atoms with E-state index in [0.29, 0.717) is 5.69 Å². The number of nitrogens with one attached hydrogen (secondary N) is 1. The average Bonchev–Trinajstić information content (AvgIpc) is 2.38. The summed E-state index contributed by atoms with van der Waals surface area (Å²) in [5.74, 6) is 0. The quantitative estimate of drug-likeness (QED) is 0.824. The first-order chi connectivity index (χ1) is 8.58. The minimum atomic E-state index is -3.46. The van der Waals surface area contributed by atoms with Crippen molar-refractivity contribution >= 4 is 15.7 Å². The molecule has 4 nitrogen and oxygen atoms in total. The van der Waals surface area contributed by atoms with Gasteiger partial charge in [-0.3, -0.25) is 0 Å². The van der Waals surface area contributed by atoms with Crippen LogP contribution >= 0.6 is 0 Å². The Labute approximate surface area is 107 Å². The lowest BCUT2D eigenvalue weighted by atomic mass is 10.2. The highest BCUT2D eigenvalue weighted by Crippen LogP contribution is 2.10. The lowest BCUT2D eigenvalue weighted by Gasteiger charge is -2.07. The molecule has 0 saturated carbocycles. The number of hydrogen-bond donors (Lipinski definition) is 2. The molecular weight excluding hydrogens is 248 g/mol. The van der Waals surface area contributed by atoms with Crippen molar-refractivity contribution in [1.29, 1.82) is 0 Å². The van der Waals surface area contributed by atoms with E-state index in [1.165, 1.54) is 0 Å². The third kappa shape index (κ3) is 3.09. The molecule has 0 amide bonds. The van der Waals surface area contributed by atoms with E-state index in [1.54, 1.807) is 48.5 Å². The summed E-state index contributed by atoms with van der Waals surface area (Å²) in [5, 5.41) is 0. The van der Waals surface area contributed by atoms with Crippen LogP contribution in [0.15, 0.2) is 59.5 Å². The van der Waals surface area contributed by atoms with Crippen LogP contribution in [0.5, 0.6) is 0 Å². The van der Waals surface area contributed by atoms with Crippen molar-refractivity contribution in [3.05, 3.63) is 60.2 Å². The Morgan fingerprint density at radius 1 is 1.00 bits per heavy atom. The molecule has 94 valence electrons. The first-order valence-corrected chi connectivity index (χ1v) is 6.95. The molecule has 2 rings (SSSR count). The van der Waals surface area contributed by atoms with Crippen LogP contribution in [-0.2, 0) is 16.6 Å². The molecule has 0 fully saturated rings. The van der Waals surface area contributed by atoms with Gasteiger partial charge in [-0.2, -0.15) is 0 Å². The summed E-state index contributed by atoms with van der Waals surface area (Å²) >= 11 is 0. The number of sulfonamides is 1. The van der Waals surface area contributed by atoms with Crippen molar-refractivity contribution in [2.24, 2.45) is 0 Å². The molecule has 0 bridgehead atoms. The average molecular weight is 262 g/mol. The van der Waals surface area contributed by atoms with Crippen LogP contribution in [0.4, 0.5) is 5.69 Å². The maximum atomic E-state index is 11.9. The highest BCUT2D eigenvalue weighted by atomic mass is 32.2. The minimum Gasteiger partial charge on any atom is -0.399 e. The summed E-state index contributed by atoms with van der Waals surface area (Å²) in [6.45, 7) is 0.224. The van der Waals surface area contributed by atoms with Crippen LogP contribution in [-0.4, -0.2) is 8.42 Å². The van der Waals surface area contributed by atoms with Gasteiger partial charge in [0.2, 0.25) is 10.0 Å². The Morgan fingerprint density at radius 3 is 2.39 bits per heavy atom. The molecule has 0 atom stereocenters. The smallest absolute Gasteiger partial charge is 0.240 e. The van der Waals surface area contributed by atoms with Gasteiger partial charge in [0, 0.05) is 12.2 Å². The summed E-state index contributed by atoms with van der Waals surface area (Å²) in [6.07, 6.45) is 0. The van der Waals surface area contributed by atoms with Gasteiger partial charge in [0.1, 0.15) is 0 Å². The Bertz CT molecular complexity index is 624. The molecule has 0 spiro atoms. The van der Waals surface area contributed by atoms with Crippen LogP contribution in [0.25, 0.3) is 0 Å². The lowest BCUT2D eigenvalue weighted by molar-refractivity contribution is 0.581. The minimum absolute atomic E-state index is 0.224. The van der Waals surface area contributed by atoms with Crippen molar-refractivity contribution in [3.63, 3.8) is 0 Å². The van der Waals surface area contributed by atoms with E-state index in [0.717, 1.165) is 5.56 Å². The fraction of sp³-hybridized carbons (Fsp3) is 0.0769. The van der Waals surface area contributed by atoms with Gasteiger partial charge in [0.15, 0.2) is 0 Å². The molecule has 0 unspecified atom stereocenters. The van der Waals surface area contributed by atoms with Crippen molar-refractivity contribution in [2.75, 3.05) is 5.73 Å². The van der Waals surface area contributed by atoms with E-state index in [1.807, 2.05) is 6.07 Å². The SMILES string of the molecule is Nc1cccc(CNS(=O)(=O)c2ccccc2)c1. The predicted octanol–water partition coefficient (Wildman–Crippen LogP) is 1.75. The highest BCUT2D eigenvalue weighted by molar-refractivity contribution is 7.89. The topological polar surface area (TPSA) is 72.2 Å². The highest BCUT2D eigenvalue weighted by Gasteiger charge is 2.12. The molecular formula is C13H14N2O2S. The van der Waals surface area contributed by atoms with Crippen LogP contribution < -0.4 is 10.5 Å². The zero-order chi connectivity index (χ0) is 13.0. The third-order valence-corrected chi connectivity index (χ3v) is 3.89. The summed E-state index contributed by atoms with van der Waals surface area (Å²) in [6, 6.07) is 15.4. The van der Waals surface area contributed by atoms with Gasteiger partial charge in [-0.25, -0.2) is 13.1 Å². The number of hydrogen-bond acceptors (Lipinski definition) is 3. The molecule has 18 heavy (non-hydrogen) atoms. The third-order valence-electron chi connectivity index (χ3n) is 2.47. The second kappa shape index (κ2) is 5.20. The standard InChI is InChI=1S/C13H14N2O2S/c14-12-6-4-5-11(9-12)10-15-18(16,17)13-7-2-1-3-8-13/h1-9,15H,10,14H2. The zero-order valence-corrected chi connectivity index (χ0v) is 10.5. The summed E-state index contributed by atoms with van der Waals surface area (Å²) in [5.41, 5.74) is 7.08. The van der Waals surface area contributed by atoms with Crippen LogP contribution in [0, 0.1) is 0 Å². The van der Waals surface area contributed by atoms with Crippen molar-refractivity contribution in [2.45, 2.75) is 11.4 Å². The normalized spacial score (nSPS) is 11.3. The van der Waals surface area contributed by atoms with Gasteiger partial charge in [-0.1, -0.05) is 30.3 Å². The Morgan fingerprint density at radius 2 is 1.72 bits per heavy atom. The first-order valence-electron chi connectivity index (χ1n) is 5.47. The van der Waals surface area contributed by atoms with E-state index in [2.05, 4.69) is 4.72 Å². The fourth-order valence-electron chi connectivity index (χ4n) is 1.56. The molecule has 5 heteroatoms. The molecule has 0 heterocycles. The first kappa shape index (κ1) is 12.6. The number of rotatable bonds is 4. The van der Waals surface area contributed by atoms with Gasteiger partial charge in [-0.15, -0.1) is 0 Å².